The molecule has 0 spiro atoms. The molecular formula is C21H25N3O3S. The number of sulfonamides is 1. The van der Waals surface area contributed by atoms with Gasteiger partial charge in [0.1, 0.15) is 0 Å². The van der Waals surface area contributed by atoms with Crippen LogP contribution in [0.2, 0.25) is 0 Å². The van der Waals surface area contributed by atoms with Gasteiger partial charge in [-0.3, -0.25) is 4.79 Å². The van der Waals surface area contributed by atoms with Crippen molar-refractivity contribution >= 4 is 27.3 Å². The number of rotatable bonds is 4. The van der Waals surface area contributed by atoms with Crippen LogP contribution in [-0.2, 0) is 27.7 Å². The van der Waals surface area contributed by atoms with Gasteiger partial charge in [0.25, 0.3) is 0 Å². The minimum absolute atomic E-state index is 0.108. The number of benzene rings is 2. The Kier molecular flexibility index (Phi) is 4.89. The molecule has 2 aromatic carbocycles. The molecule has 2 aromatic rings. The molecule has 1 amide bonds. The Morgan fingerprint density at radius 3 is 2.29 bits per heavy atom. The van der Waals surface area contributed by atoms with Crippen molar-refractivity contribution in [1.29, 1.82) is 0 Å². The molecule has 2 aliphatic heterocycles. The third-order valence-corrected chi connectivity index (χ3v) is 7.63. The van der Waals surface area contributed by atoms with Crippen molar-refractivity contribution in [2.75, 3.05) is 43.0 Å². The second-order valence-electron chi connectivity index (χ2n) is 7.33. The fourth-order valence-electron chi connectivity index (χ4n) is 3.89. The molecule has 0 unspecified atom stereocenters. The van der Waals surface area contributed by atoms with E-state index < -0.39 is 10.0 Å². The van der Waals surface area contributed by atoms with Crippen LogP contribution in [0.1, 0.15) is 18.1 Å². The van der Waals surface area contributed by atoms with Crippen molar-refractivity contribution in [2.45, 2.75) is 24.7 Å². The first-order valence-corrected chi connectivity index (χ1v) is 11.1. The third-order valence-electron chi connectivity index (χ3n) is 5.71. The molecule has 0 radical (unpaired) electrons. The van der Waals surface area contributed by atoms with Gasteiger partial charge in [-0.1, -0.05) is 19.1 Å². The fourth-order valence-corrected chi connectivity index (χ4v) is 5.31. The predicted molar refractivity (Wildman–Crippen MR) is 110 cm³/mol. The Hall–Kier alpha value is -2.38. The van der Waals surface area contributed by atoms with Gasteiger partial charge in [0.05, 0.1) is 11.3 Å². The average molecular weight is 400 g/mol. The molecule has 28 heavy (non-hydrogen) atoms. The summed E-state index contributed by atoms with van der Waals surface area (Å²) in [4.78, 5) is 16.1. The van der Waals surface area contributed by atoms with Crippen LogP contribution in [0.25, 0.3) is 0 Å². The van der Waals surface area contributed by atoms with Gasteiger partial charge in [0.15, 0.2) is 0 Å². The normalized spacial score (nSPS) is 17.9. The molecule has 6 nitrogen and oxygen atoms in total. The summed E-state index contributed by atoms with van der Waals surface area (Å²) in [7, 11) is -1.67. The van der Waals surface area contributed by atoms with Crippen LogP contribution in [-0.4, -0.2) is 51.9 Å². The monoisotopic (exact) mass is 399 g/mol. The van der Waals surface area contributed by atoms with E-state index in [2.05, 4.69) is 17.9 Å². The first-order valence-electron chi connectivity index (χ1n) is 9.63. The zero-order valence-corrected chi connectivity index (χ0v) is 17.1. The number of likely N-dealkylation sites (N-methyl/N-ethyl adjacent to an activating group) is 1. The Balaban J connectivity index is 1.46. The van der Waals surface area contributed by atoms with Gasteiger partial charge >= 0.3 is 0 Å². The minimum Gasteiger partial charge on any atom is -0.369 e. The Morgan fingerprint density at radius 2 is 1.64 bits per heavy atom. The van der Waals surface area contributed by atoms with E-state index in [1.165, 1.54) is 0 Å². The minimum atomic E-state index is -3.46. The molecule has 7 heteroatoms. The molecular weight excluding hydrogens is 374 g/mol. The van der Waals surface area contributed by atoms with E-state index in [4.69, 9.17) is 0 Å². The molecule has 148 valence electrons. The number of carbonyl (C=O) groups is 1. The van der Waals surface area contributed by atoms with E-state index in [0.717, 1.165) is 28.9 Å². The number of hydrogen-bond donors (Lipinski definition) is 0. The summed E-state index contributed by atoms with van der Waals surface area (Å²) in [5.41, 5.74) is 4.18. The smallest absolute Gasteiger partial charge is 0.243 e. The van der Waals surface area contributed by atoms with Gasteiger partial charge < -0.3 is 9.80 Å². The lowest BCUT2D eigenvalue weighted by Crippen LogP contribution is -2.48. The predicted octanol–water partition coefficient (Wildman–Crippen LogP) is 2.28. The van der Waals surface area contributed by atoms with E-state index in [0.29, 0.717) is 37.5 Å². The molecule has 0 N–H and O–H groups in total. The third kappa shape index (κ3) is 3.29. The highest BCUT2D eigenvalue weighted by Crippen LogP contribution is 2.32. The van der Waals surface area contributed by atoms with Gasteiger partial charge in [0, 0.05) is 44.6 Å². The van der Waals surface area contributed by atoms with Crippen LogP contribution in [0.5, 0.6) is 0 Å². The molecule has 4 rings (SSSR count). The highest BCUT2D eigenvalue weighted by atomic mass is 32.2. The molecule has 1 saturated heterocycles. The van der Waals surface area contributed by atoms with Crippen LogP contribution >= 0.6 is 0 Å². The lowest BCUT2D eigenvalue weighted by Gasteiger charge is -2.35. The Labute approximate surface area is 166 Å². The summed E-state index contributed by atoms with van der Waals surface area (Å²) in [6, 6.07) is 13.2. The molecule has 2 heterocycles. The summed E-state index contributed by atoms with van der Waals surface area (Å²) < 4.78 is 27.4. The van der Waals surface area contributed by atoms with Gasteiger partial charge in [-0.05, 0) is 47.9 Å². The number of hydrogen-bond acceptors (Lipinski definition) is 4. The van der Waals surface area contributed by atoms with E-state index >= 15 is 0 Å². The van der Waals surface area contributed by atoms with Crippen molar-refractivity contribution in [1.82, 2.24) is 4.31 Å². The number of fused-ring (bicyclic) bond motifs is 1. The molecule has 0 bridgehead atoms. The summed E-state index contributed by atoms with van der Waals surface area (Å²) >= 11 is 0. The molecule has 2 aliphatic rings. The lowest BCUT2D eigenvalue weighted by molar-refractivity contribution is -0.117. The van der Waals surface area contributed by atoms with E-state index in [-0.39, 0.29) is 5.91 Å². The van der Waals surface area contributed by atoms with Crippen molar-refractivity contribution in [3.05, 3.63) is 53.6 Å². The molecule has 0 atom stereocenters. The first-order chi connectivity index (χ1) is 13.4. The van der Waals surface area contributed by atoms with E-state index in [1.54, 1.807) is 28.4 Å². The summed E-state index contributed by atoms with van der Waals surface area (Å²) in [5, 5.41) is 0. The maximum Gasteiger partial charge on any atom is 0.243 e. The molecule has 0 saturated carbocycles. The Morgan fingerprint density at radius 1 is 0.964 bits per heavy atom. The van der Waals surface area contributed by atoms with Crippen LogP contribution in [0, 0.1) is 0 Å². The molecule has 0 aromatic heterocycles. The number of nitrogens with zero attached hydrogens (tertiary/aromatic N) is 3. The molecule has 0 aliphatic carbocycles. The number of piperazine rings is 1. The van der Waals surface area contributed by atoms with Crippen molar-refractivity contribution in [3.63, 3.8) is 0 Å². The number of anilines is 2. The van der Waals surface area contributed by atoms with Crippen LogP contribution in [0.15, 0.2) is 47.4 Å². The molecule has 1 fully saturated rings. The highest BCUT2D eigenvalue weighted by molar-refractivity contribution is 7.89. The van der Waals surface area contributed by atoms with Gasteiger partial charge in [0.2, 0.25) is 15.9 Å². The summed E-state index contributed by atoms with van der Waals surface area (Å²) in [6.07, 6.45) is 1.32. The zero-order chi connectivity index (χ0) is 19.9. The van der Waals surface area contributed by atoms with E-state index in [9.17, 15) is 13.2 Å². The van der Waals surface area contributed by atoms with Gasteiger partial charge in [-0.2, -0.15) is 4.31 Å². The van der Waals surface area contributed by atoms with Crippen LogP contribution in [0.4, 0.5) is 11.4 Å². The quantitative estimate of drug-likeness (QED) is 0.791. The SMILES string of the molecule is CCc1ccc(S(=O)(=O)N2CCN(c3ccc4c(c3)CC(=O)N4C)CC2)cc1. The largest absolute Gasteiger partial charge is 0.369 e. The van der Waals surface area contributed by atoms with Crippen molar-refractivity contribution in [2.24, 2.45) is 0 Å². The standard InChI is InChI=1S/C21H25N3O3S/c1-3-16-4-7-19(8-5-16)28(26,27)24-12-10-23(11-13-24)18-6-9-20-17(14-18)15-21(25)22(20)2/h4-9,14H,3,10-13,15H2,1-2H3. The maximum absolute atomic E-state index is 12.9. The average Bonchev–Trinajstić information content (AvgIpc) is 3.01. The van der Waals surface area contributed by atoms with Crippen LogP contribution in [0.3, 0.4) is 0 Å². The Bertz CT molecular complexity index is 994. The zero-order valence-electron chi connectivity index (χ0n) is 16.3. The summed E-state index contributed by atoms with van der Waals surface area (Å²) in [5.74, 6) is 0.108. The second-order valence-corrected chi connectivity index (χ2v) is 9.27. The van der Waals surface area contributed by atoms with E-state index in [1.807, 2.05) is 24.3 Å². The second kappa shape index (κ2) is 7.22. The fraction of sp³-hybridized carbons (Fsp3) is 0.381. The van der Waals surface area contributed by atoms with Crippen LogP contribution < -0.4 is 9.80 Å². The van der Waals surface area contributed by atoms with Gasteiger partial charge in [-0.25, -0.2) is 8.42 Å². The van der Waals surface area contributed by atoms with Crippen molar-refractivity contribution < 1.29 is 13.2 Å². The maximum atomic E-state index is 12.9. The first kappa shape index (κ1) is 19.0. The topological polar surface area (TPSA) is 60.9 Å². The summed E-state index contributed by atoms with van der Waals surface area (Å²) in [6.45, 7) is 4.22. The highest BCUT2D eigenvalue weighted by Gasteiger charge is 2.30. The lowest BCUT2D eigenvalue weighted by atomic mass is 10.1. The number of carbonyl (C=O) groups excluding carboxylic acids is 1. The number of aryl methyl sites for hydroxylation is 1. The van der Waals surface area contributed by atoms with Gasteiger partial charge in [-0.15, -0.1) is 0 Å². The number of amides is 1. The van der Waals surface area contributed by atoms with Crippen molar-refractivity contribution in [3.8, 4) is 0 Å².